The minimum atomic E-state index is -3.84. The first-order chi connectivity index (χ1) is 15.9. The number of sulfone groups is 2. The Kier molecular flexibility index (Phi) is 5.72. The highest BCUT2D eigenvalue weighted by molar-refractivity contribution is 7.96. The van der Waals surface area contributed by atoms with Crippen LogP contribution >= 0.6 is 0 Å². The number of piperazine rings is 1. The number of benzene rings is 2. The summed E-state index contributed by atoms with van der Waals surface area (Å²) in [6.07, 6.45) is 3.56. The molecule has 2 aliphatic rings. The van der Waals surface area contributed by atoms with Gasteiger partial charge in [0.25, 0.3) is 0 Å². The van der Waals surface area contributed by atoms with E-state index in [0.29, 0.717) is 12.1 Å². The topological polar surface area (TPSA) is 87.6 Å². The second kappa shape index (κ2) is 8.55. The van der Waals surface area contributed by atoms with Crippen molar-refractivity contribution in [2.45, 2.75) is 21.6 Å². The predicted molar refractivity (Wildman–Crippen MR) is 127 cm³/mol. The van der Waals surface area contributed by atoms with Crippen LogP contribution in [0.15, 0.2) is 82.8 Å². The average Bonchev–Trinajstić information content (AvgIpc) is 3.13. The molecule has 2 aromatic carbocycles. The number of rotatable bonds is 5. The normalized spacial score (nSPS) is 20.5. The van der Waals surface area contributed by atoms with Gasteiger partial charge in [-0.1, -0.05) is 30.3 Å². The Hall–Kier alpha value is -2.75. The molecule has 0 radical (unpaired) electrons. The Labute approximate surface area is 194 Å². The number of hydrogen-bond acceptors (Lipinski definition) is 7. The Bertz CT molecular complexity index is 1350. The molecule has 0 saturated carbocycles. The summed E-state index contributed by atoms with van der Waals surface area (Å²) in [7, 11) is -7.51. The van der Waals surface area contributed by atoms with E-state index < -0.39 is 30.7 Å². The van der Waals surface area contributed by atoms with E-state index in [-0.39, 0.29) is 9.79 Å². The van der Waals surface area contributed by atoms with Gasteiger partial charge in [-0.15, -0.1) is 0 Å². The van der Waals surface area contributed by atoms with Gasteiger partial charge >= 0.3 is 0 Å². The Morgan fingerprint density at radius 2 is 1.58 bits per heavy atom. The summed E-state index contributed by atoms with van der Waals surface area (Å²) < 4.78 is 52.7. The molecule has 172 valence electrons. The number of nitrogens with zero attached hydrogens (tertiary/aromatic N) is 3. The van der Waals surface area contributed by atoms with Gasteiger partial charge in [0.05, 0.1) is 15.5 Å². The first kappa shape index (κ1) is 22.1. The van der Waals surface area contributed by atoms with Crippen LogP contribution in [0.2, 0.25) is 0 Å². The maximum Gasteiger partial charge on any atom is 0.186 e. The molecule has 1 unspecified atom stereocenters. The van der Waals surface area contributed by atoms with Crippen LogP contribution in [0.5, 0.6) is 0 Å². The molecule has 1 atom stereocenters. The van der Waals surface area contributed by atoms with Crippen molar-refractivity contribution in [2.75, 3.05) is 36.8 Å². The largest absolute Gasteiger partial charge is 0.369 e. The summed E-state index contributed by atoms with van der Waals surface area (Å²) in [6, 6.07) is 17.2. The van der Waals surface area contributed by atoms with Gasteiger partial charge < -0.3 is 4.90 Å². The van der Waals surface area contributed by atoms with E-state index in [4.69, 9.17) is 0 Å². The van der Waals surface area contributed by atoms with E-state index in [1.807, 2.05) is 18.2 Å². The standard InChI is InChI=1S/C24H25N3O4S2/c28-32(29)18-23(33(30,31)21-6-2-1-3-7-21)24-19(5-4-8-22(24)32)17-26-13-15-27(16-14-26)20-9-11-25-12-10-20/h1-12,23H,13-18H2. The van der Waals surface area contributed by atoms with E-state index in [9.17, 15) is 16.8 Å². The number of anilines is 1. The quantitative estimate of drug-likeness (QED) is 0.551. The lowest BCUT2D eigenvalue weighted by Crippen LogP contribution is -2.46. The van der Waals surface area contributed by atoms with Gasteiger partial charge in [-0.2, -0.15) is 0 Å². The summed E-state index contributed by atoms with van der Waals surface area (Å²) in [4.78, 5) is 8.92. The molecular formula is C24H25N3O4S2. The van der Waals surface area contributed by atoms with Gasteiger partial charge in [-0.3, -0.25) is 9.88 Å². The molecule has 5 rings (SSSR count). The van der Waals surface area contributed by atoms with Crippen LogP contribution < -0.4 is 4.90 Å². The fourth-order valence-corrected chi connectivity index (χ4v) is 9.14. The van der Waals surface area contributed by atoms with Crippen LogP contribution in [0.25, 0.3) is 0 Å². The molecule has 3 aromatic rings. The van der Waals surface area contributed by atoms with Crippen LogP contribution in [0.4, 0.5) is 5.69 Å². The molecule has 0 spiro atoms. The summed E-state index contributed by atoms with van der Waals surface area (Å²) in [6.45, 7) is 3.79. The van der Waals surface area contributed by atoms with Crippen molar-refractivity contribution in [1.82, 2.24) is 9.88 Å². The van der Waals surface area contributed by atoms with Crippen molar-refractivity contribution in [1.29, 1.82) is 0 Å². The number of fused-ring (bicyclic) bond motifs is 1. The van der Waals surface area contributed by atoms with Gasteiger partial charge in [0.1, 0.15) is 5.25 Å². The molecule has 1 saturated heterocycles. The lowest BCUT2D eigenvalue weighted by Gasteiger charge is -2.36. The van der Waals surface area contributed by atoms with Crippen molar-refractivity contribution in [3.05, 3.63) is 84.2 Å². The van der Waals surface area contributed by atoms with Crippen molar-refractivity contribution < 1.29 is 16.8 Å². The minimum absolute atomic E-state index is 0.152. The average molecular weight is 484 g/mol. The van der Waals surface area contributed by atoms with Gasteiger partial charge in [0.2, 0.25) is 0 Å². The molecule has 1 fully saturated rings. The summed E-state index contributed by atoms with van der Waals surface area (Å²) >= 11 is 0. The lowest BCUT2D eigenvalue weighted by molar-refractivity contribution is 0.249. The van der Waals surface area contributed by atoms with Crippen molar-refractivity contribution in [2.24, 2.45) is 0 Å². The molecule has 0 amide bonds. The van der Waals surface area contributed by atoms with Crippen LogP contribution in [0, 0.1) is 0 Å². The van der Waals surface area contributed by atoms with Crippen molar-refractivity contribution >= 4 is 25.4 Å². The van der Waals surface area contributed by atoms with E-state index in [1.165, 1.54) is 18.2 Å². The first-order valence-corrected chi connectivity index (χ1v) is 14.1. The smallest absolute Gasteiger partial charge is 0.186 e. The fourth-order valence-electron chi connectivity index (χ4n) is 4.72. The molecule has 3 heterocycles. The maximum atomic E-state index is 13.4. The van der Waals surface area contributed by atoms with Crippen LogP contribution in [-0.4, -0.2) is 58.7 Å². The highest BCUT2D eigenvalue weighted by atomic mass is 32.2. The first-order valence-electron chi connectivity index (χ1n) is 10.9. The molecule has 1 aromatic heterocycles. The Morgan fingerprint density at radius 1 is 0.879 bits per heavy atom. The third kappa shape index (κ3) is 4.16. The third-order valence-corrected chi connectivity index (χ3v) is 10.5. The van der Waals surface area contributed by atoms with Crippen LogP contribution in [-0.2, 0) is 26.2 Å². The predicted octanol–water partition coefficient (Wildman–Crippen LogP) is 2.71. The second-order valence-corrected chi connectivity index (χ2v) is 12.6. The van der Waals surface area contributed by atoms with Crippen molar-refractivity contribution in [3.63, 3.8) is 0 Å². The van der Waals surface area contributed by atoms with Crippen LogP contribution in [0.3, 0.4) is 0 Å². The number of aromatic nitrogens is 1. The van der Waals surface area contributed by atoms with Gasteiger partial charge in [-0.25, -0.2) is 16.8 Å². The SMILES string of the molecule is O=S1(=O)CC(S(=O)(=O)c2ccccc2)c2c(CN3CCN(c4ccncc4)CC3)cccc21. The summed E-state index contributed by atoms with van der Waals surface area (Å²) in [5.41, 5.74) is 2.35. The van der Waals surface area contributed by atoms with Crippen LogP contribution in [0.1, 0.15) is 16.4 Å². The summed E-state index contributed by atoms with van der Waals surface area (Å²) in [5.74, 6) is -0.410. The van der Waals surface area contributed by atoms with Gasteiger partial charge in [0.15, 0.2) is 19.7 Å². The van der Waals surface area contributed by atoms with E-state index in [2.05, 4.69) is 14.8 Å². The zero-order valence-electron chi connectivity index (χ0n) is 18.0. The fraction of sp³-hybridized carbons (Fsp3) is 0.292. The monoisotopic (exact) mass is 483 g/mol. The van der Waals surface area contributed by atoms with Crippen molar-refractivity contribution in [3.8, 4) is 0 Å². The molecule has 0 aliphatic carbocycles. The molecule has 7 nitrogen and oxygen atoms in total. The number of pyridine rings is 1. The van der Waals surface area contributed by atoms with E-state index in [1.54, 1.807) is 36.7 Å². The molecular weight excluding hydrogens is 458 g/mol. The van der Waals surface area contributed by atoms with E-state index >= 15 is 0 Å². The van der Waals surface area contributed by atoms with Gasteiger partial charge in [0, 0.05) is 50.8 Å². The highest BCUT2D eigenvalue weighted by Crippen LogP contribution is 2.43. The zero-order valence-corrected chi connectivity index (χ0v) is 19.7. The highest BCUT2D eigenvalue weighted by Gasteiger charge is 2.44. The zero-order chi connectivity index (χ0) is 23.1. The molecule has 2 aliphatic heterocycles. The Morgan fingerprint density at radius 3 is 2.27 bits per heavy atom. The Balaban J connectivity index is 1.43. The number of hydrogen-bond donors (Lipinski definition) is 0. The second-order valence-electron chi connectivity index (χ2n) is 8.43. The maximum absolute atomic E-state index is 13.4. The molecule has 0 bridgehead atoms. The molecule has 0 N–H and O–H groups in total. The molecule has 33 heavy (non-hydrogen) atoms. The van der Waals surface area contributed by atoms with E-state index in [0.717, 1.165) is 37.4 Å². The third-order valence-electron chi connectivity index (χ3n) is 6.42. The van der Waals surface area contributed by atoms with Gasteiger partial charge in [-0.05, 0) is 41.5 Å². The lowest BCUT2D eigenvalue weighted by atomic mass is 10.0. The molecule has 9 heteroatoms. The summed E-state index contributed by atoms with van der Waals surface area (Å²) in [5, 5.41) is -1.09. The minimum Gasteiger partial charge on any atom is -0.369 e.